The maximum absolute atomic E-state index is 12.4. The van der Waals surface area contributed by atoms with E-state index in [-0.39, 0.29) is 5.91 Å². The van der Waals surface area contributed by atoms with Crippen molar-refractivity contribution in [1.82, 2.24) is 10.3 Å². The molecular formula is C22H26N4OS. The number of nitrogens with one attached hydrogen (secondary N) is 1. The molecular weight excluding hydrogens is 368 g/mol. The second-order valence-electron chi connectivity index (χ2n) is 7.55. The van der Waals surface area contributed by atoms with Gasteiger partial charge >= 0.3 is 0 Å². The monoisotopic (exact) mass is 394 g/mol. The van der Waals surface area contributed by atoms with Crippen LogP contribution in [-0.4, -0.2) is 44.6 Å². The van der Waals surface area contributed by atoms with Crippen LogP contribution in [0.15, 0.2) is 48.5 Å². The number of hydrogen-bond donors (Lipinski definition) is 1. The van der Waals surface area contributed by atoms with Gasteiger partial charge in [-0.05, 0) is 55.2 Å². The van der Waals surface area contributed by atoms with Crippen molar-refractivity contribution in [3.05, 3.63) is 54.1 Å². The highest BCUT2D eigenvalue weighted by molar-refractivity contribution is 7.22. The highest BCUT2D eigenvalue weighted by Crippen LogP contribution is 2.31. The average Bonchev–Trinajstić information content (AvgIpc) is 3.16. The van der Waals surface area contributed by atoms with Crippen LogP contribution in [0, 0.1) is 5.92 Å². The molecule has 28 heavy (non-hydrogen) atoms. The Kier molecular flexibility index (Phi) is 5.48. The first kappa shape index (κ1) is 18.7. The molecule has 1 aliphatic heterocycles. The number of hydrogen-bond acceptors (Lipinski definition) is 5. The number of carbonyl (C=O) groups excluding carboxylic acids is 1. The number of para-hydroxylation sites is 1. The van der Waals surface area contributed by atoms with Crippen molar-refractivity contribution >= 4 is 38.3 Å². The van der Waals surface area contributed by atoms with Gasteiger partial charge in [-0.15, -0.1) is 0 Å². The maximum Gasteiger partial charge on any atom is 0.251 e. The third-order valence-electron chi connectivity index (χ3n) is 5.36. The number of amides is 1. The minimum absolute atomic E-state index is 0.0129. The third-order valence-corrected chi connectivity index (χ3v) is 6.46. The van der Waals surface area contributed by atoms with Crippen molar-refractivity contribution < 1.29 is 4.79 Å². The van der Waals surface area contributed by atoms with Crippen molar-refractivity contribution in [3.8, 4) is 0 Å². The summed E-state index contributed by atoms with van der Waals surface area (Å²) in [5.74, 6) is 0.537. The van der Waals surface area contributed by atoms with Gasteiger partial charge in [0.15, 0.2) is 5.13 Å². The van der Waals surface area contributed by atoms with E-state index in [9.17, 15) is 4.79 Å². The first-order valence-electron chi connectivity index (χ1n) is 9.76. The van der Waals surface area contributed by atoms with Crippen LogP contribution >= 0.6 is 11.3 Å². The molecule has 0 radical (unpaired) electrons. The van der Waals surface area contributed by atoms with Gasteiger partial charge in [0.2, 0.25) is 0 Å². The van der Waals surface area contributed by atoms with Crippen LogP contribution in [0.5, 0.6) is 0 Å². The topological polar surface area (TPSA) is 48.5 Å². The molecule has 3 aromatic rings. The molecule has 0 unspecified atom stereocenters. The van der Waals surface area contributed by atoms with E-state index in [1.54, 1.807) is 11.3 Å². The minimum Gasteiger partial charge on any atom is -0.378 e. The van der Waals surface area contributed by atoms with E-state index < -0.39 is 0 Å². The number of anilines is 2. The first-order chi connectivity index (χ1) is 13.6. The van der Waals surface area contributed by atoms with Gasteiger partial charge in [-0.3, -0.25) is 4.79 Å². The SMILES string of the molecule is CN(C)c1ccc(C(=O)NCC2CCN(c3nc4ccccc4s3)CC2)cc1. The van der Waals surface area contributed by atoms with Crippen LogP contribution in [0.25, 0.3) is 10.2 Å². The fourth-order valence-corrected chi connectivity index (χ4v) is 4.59. The lowest BCUT2D eigenvalue weighted by Gasteiger charge is -2.31. The summed E-state index contributed by atoms with van der Waals surface area (Å²) in [6.07, 6.45) is 2.16. The fourth-order valence-electron chi connectivity index (χ4n) is 3.57. The largest absolute Gasteiger partial charge is 0.378 e. The maximum atomic E-state index is 12.4. The Morgan fingerprint density at radius 3 is 2.54 bits per heavy atom. The fraction of sp³-hybridized carbons (Fsp3) is 0.364. The smallest absolute Gasteiger partial charge is 0.251 e. The summed E-state index contributed by atoms with van der Waals surface area (Å²) in [6.45, 7) is 2.73. The third kappa shape index (κ3) is 4.12. The van der Waals surface area contributed by atoms with Gasteiger partial charge < -0.3 is 15.1 Å². The second kappa shape index (κ2) is 8.19. The molecule has 2 heterocycles. The summed E-state index contributed by atoms with van der Waals surface area (Å²) >= 11 is 1.77. The van der Waals surface area contributed by atoms with Crippen LogP contribution in [0.2, 0.25) is 0 Å². The summed E-state index contributed by atoms with van der Waals surface area (Å²) < 4.78 is 1.24. The van der Waals surface area contributed by atoms with Gasteiger partial charge in [0, 0.05) is 45.0 Å². The van der Waals surface area contributed by atoms with E-state index in [1.807, 2.05) is 49.3 Å². The van der Waals surface area contributed by atoms with E-state index in [0.717, 1.165) is 54.4 Å². The highest BCUT2D eigenvalue weighted by Gasteiger charge is 2.22. The average molecular weight is 395 g/mol. The summed E-state index contributed by atoms with van der Waals surface area (Å²) in [5.41, 5.74) is 2.90. The molecule has 2 aromatic carbocycles. The molecule has 146 valence electrons. The Labute approximate surface area is 170 Å². The number of thiazole rings is 1. The predicted molar refractivity (Wildman–Crippen MR) is 118 cm³/mol. The number of aromatic nitrogens is 1. The summed E-state index contributed by atoms with van der Waals surface area (Å²) in [7, 11) is 3.99. The molecule has 1 aliphatic rings. The highest BCUT2D eigenvalue weighted by atomic mass is 32.1. The lowest BCUT2D eigenvalue weighted by molar-refractivity contribution is 0.0945. The lowest BCUT2D eigenvalue weighted by atomic mass is 9.97. The zero-order chi connectivity index (χ0) is 19.5. The number of carbonyl (C=O) groups is 1. The van der Waals surface area contributed by atoms with Crippen LogP contribution < -0.4 is 15.1 Å². The van der Waals surface area contributed by atoms with E-state index in [1.165, 1.54) is 4.70 Å². The van der Waals surface area contributed by atoms with Gasteiger partial charge in [0.1, 0.15) is 0 Å². The summed E-state index contributed by atoms with van der Waals surface area (Å²) in [4.78, 5) is 21.6. The molecule has 1 saturated heterocycles. The quantitative estimate of drug-likeness (QED) is 0.710. The lowest BCUT2D eigenvalue weighted by Crippen LogP contribution is -2.38. The van der Waals surface area contributed by atoms with Crippen molar-refractivity contribution in [2.24, 2.45) is 5.92 Å². The van der Waals surface area contributed by atoms with Crippen LogP contribution in [0.1, 0.15) is 23.2 Å². The van der Waals surface area contributed by atoms with E-state index in [4.69, 9.17) is 4.98 Å². The molecule has 6 heteroatoms. The number of fused-ring (bicyclic) bond motifs is 1. The number of nitrogens with zero attached hydrogens (tertiary/aromatic N) is 3. The van der Waals surface area contributed by atoms with Gasteiger partial charge in [0.05, 0.1) is 10.2 Å². The molecule has 1 aromatic heterocycles. The first-order valence-corrected chi connectivity index (χ1v) is 10.6. The predicted octanol–water partition coefficient (Wildman–Crippen LogP) is 4.01. The zero-order valence-electron chi connectivity index (χ0n) is 16.4. The molecule has 1 N–H and O–H groups in total. The van der Waals surface area contributed by atoms with Crippen molar-refractivity contribution in [2.45, 2.75) is 12.8 Å². The molecule has 1 amide bonds. The Hall–Kier alpha value is -2.60. The molecule has 0 saturated carbocycles. The van der Waals surface area contributed by atoms with Crippen LogP contribution in [0.4, 0.5) is 10.8 Å². The summed E-state index contributed by atoms with van der Waals surface area (Å²) in [6, 6.07) is 16.0. The number of rotatable bonds is 5. The van der Waals surface area contributed by atoms with E-state index in [0.29, 0.717) is 5.92 Å². The van der Waals surface area contributed by atoms with E-state index >= 15 is 0 Å². The van der Waals surface area contributed by atoms with Gasteiger partial charge in [-0.1, -0.05) is 23.5 Å². The van der Waals surface area contributed by atoms with E-state index in [2.05, 4.69) is 28.4 Å². The van der Waals surface area contributed by atoms with Crippen LogP contribution in [-0.2, 0) is 0 Å². The molecule has 0 bridgehead atoms. The molecule has 0 atom stereocenters. The second-order valence-corrected chi connectivity index (χ2v) is 8.56. The van der Waals surface area contributed by atoms with Crippen molar-refractivity contribution in [1.29, 1.82) is 0 Å². The van der Waals surface area contributed by atoms with Crippen LogP contribution in [0.3, 0.4) is 0 Å². The Morgan fingerprint density at radius 1 is 1.14 bits per heavy atom. The van der Waals surface area contributed by atoms with Crippen molar-refractivity contribution in [2.75, 3.05) is 43.5 Å². The Morgan fingerprint density at radius 2 is 1.86 bits per heavy atom. The number of piperidine rings is 1. The number of benzene rings is 2. The molecule has 4 rings (SSSR count). The summed E-state index contributed by atoms with van der Waals surface area (Å²) in [5, 5.41) is 4.22. The normalized spacial score (nSPS) is 15.0. The van der Waals surface area contributed by atoms with Gasteiger partial charge in [0.25, 0.3) is 5.91 Å². The molecule has 0 spiro atoms. The molecule has 1 fully saturated rings. The molecule has 0 aliphatic carbocycles. The Balaban J connectivity index is 1.27. The van der Waals surface area contributed by atoms with Gasteiger partial charge in [-0.2, -0.15) is 0 Å². The van der Waals surface area contributed by atoms with Crippen molar-refractivity contribution in [3.63, 3.8) is 0 Å². The Bertz CT molecular complexity index is 910. The van der Waals surface area contributed by atoms with Gasteiger partial charge in [-0.25, -0.2) is 4.98 Å². The zero-order valence-corrected chi connectivity index (χ0v) is 17.2. The standard InChI is InChI=1S/C22H26N4OS/c1-25(2)18-9-7-17(8-10-18)21(27)23-15-16-11-13-26(14-12-16)22-24-19-5-3-4-6-20(19)28-22/h3-10,16H,11-15H2,1-2H3,(H,23,27). The molecule has 5 nitrogen and oxygen atoms in total. The minimum atomic E-state index is 0.0129.